The van der Waals surface area contributed by atoms with Gasteiger partial charge in [0.05, 0.1) is 10.8 Å². The molecule has 1 N–H and O–H groups in total. The number of nitrogens with zero attached hydrogens (tertiary/aromatic N) is 2. The van der Waals surface area contributed by atoms with E-state index in [9.17, 15) is 4.21 Å². The SMILES string of the molecule is Cc1cc(Cl)nc(S(=O)CC2CCCCN2)n1. The highest BCUT2D eigenvalue weighted by Gasteiger charge is 2.18. The molecule has 1 saturated heterocycles. The molecule has 0 amide bonds. The quantitative estimate of drug-likeness (QED) is 0.673. The minimum absolute atomic E-state index is 0.312. The van der Waals surface area contributed by atoms with Crippen molar-refractivity contribution in [1.29, 1.82) is 0 Å². The Morgan fingerprint density at radius 1 is 1.53 bits per heavy atom. The second kappa shape index (κ2) is 5.89. The molecule has 0 aromatic carbocycles. The third-order valence-electron chi connectivity index (χ3n) is 2.77. The molecule has 6 heteroatoms. The van der Waals surface area contributed by atoms with E-state index in [4.69, 9.17) is 11.6 Å². The number of aryl methyl sites for hydroxylation is 1. The summed E-state index contributed by atoms with van der Waals surface area (Å²) in [6.45, 7) is 2.84. The predicted molar refractivity (Wildman–Crippen MR) is 68.7 cm³/mol. The van der Waals surface area contributed by atoms with Gasteiger partial charge in [-0.15, -0.1) is 0 Å². The molecular weight excluding hydrogens is 258 g/mol. The fraction of sp³-hybridized carbons (Fsp3) is 0.636. The first-order chi connectivity index (χ1) is 8.15. The van der Waals surface area contributed by atoms with Crippen LogP contribution < -0.4 is 5.32 Å². The van der Waals surface area contributed by atoms with E-state index in [1.165, 1.54) is 12.8 Å². The summed E-state index contributed by atoms with van der Waals surface area (Å²) in [5.74, 6) is 0.569. The van der Waals surface area contributed by atoms with E-state index in [1.807, 2.05) is 6.92 Å². The number of halogens is 1. The highest BCUT2D eigenvalue weighted by atomic mass is 35.5. The standard InChI is InChI=1S/C11H16ClN3OS/c1-8-6-10(12)15-11(14-8)17(16)7-9-4-2-3-5-13-9/h6,9,13H,2-5,7H2,1H3. The molecule has 1 aromatic rings. The minimum atomic E-state index is -1.17. The van der Waals surface area contributed by atoms with Crippen LogP contribution in [-0.4, -0.2) is 32.5 Å². The van der Waals surface area contributed by atoms with Gasteiger partial charge >= 0.3 is 0 Å². The molecule has 2 atom stereocenters. The lowest BCUT2D eigenvalue weighted by molar-refractivity contribution is 0.427. The highest BCUT2D eigenvalue weighted by molar-refractivity contribution is 7.84. The molecule has 2 rings (SSSR count). The average molecular weight is 274 g/mol. The molecule has 0 bridgehead atoms. The molecule has 17 heavy (non-hydrogen) atoms. The maximum atomic E-state index is 12.1. The van der Waals surface area contributed by atoms with Crippen LogP contribution in [-0.2, 0) is 10.8 Å². The van der Waals surface area contributed by atoms with Gasteiger partial charge in [0.25, 0.3) is 0 Å². The third-order valence-corrected chi connectivity index (χ3v) is 4.26. The summed E-state index contributed by atoms with van der Waals surface area (Å²) in [6, 6.07) is 1.98. The molecule has 1 aromatic heterocycles. The number of hydrogen-bond donors (Lipinski definition) is 1. The maximum absolute atomic E-state index is 12.1. The van der Waals surface area contributed by atoms with Crippen molar-refractivity contribution in [3.63, 3.8) is 0 Å². The van der Waals surface area contributed by atoms with Gasteiger partial charge in [0.15, 0.2) is 0 Å². The van der Waals surface area contributed by atoms with Gasteiger partial charge < -0.3 is 5.32 Å². The molecule has 0 saturated carbocycles. The molecule has 0 aliphatic carbocycles. The van der Waals surface area contributed by atoms with Crippen molar-refractivity contribution < 1.29 is 4.21 Å². The molecule has 2 unspecified atom stereocenters. The Kier molecular flexibility index (Phi) is 4.48. The Morgan fingerprint density at radius 2 is 2.35 bits per heavy atom. The van der Waals surface area contributed by atoms with Gasteiger partial charge in [-0.3, -0.25) is 4.21 Å². The molecule has 0 radical (unpaired) electrons. The van der Waals surface area contributed by atoms with Crippen LogP contribution in [0.4, 0.5) is 0 Å². The van der Waals surface area contributed by atoms with Gasteiger partial charge in [-0.25, -0.2) is 9.97 Å². The van der Waals surface area contributed by atoms with Crippen LogP contribution >= 0.6 is 11.6 Å². The van der Waals surface area contributed by atoms with Crippen molar-refractivity contribution in [2.75, 3.05) is 12.3 Å². The van der Waals surface area contributed by atoms with Crippen molar-refractivity contribution in [1.82, 2.24) is 15.3 Å². The Hall–Kier alpha value is -0.520. The lowest BCUT2D eigenvalue weighted by Crippen LogP contribution is -2.38. The first-order valence-corrected chi connectivity index (χ1v) is 7.48. The van der Waals surface area contributed by atoms with Crippen molar-refractivity contribution >= 4 is 22.4 Å². The minimum Gasteiger partial charge on any atom is -0.313 e. The van der Waals surface area contributed by atoms with E-state index < -0.39 is 10.8 Å². The summed E-state index contributed by atoms with van der Waals surface area (Å²) in [7, 11) is -1.17. The summed E-state index contributed by atoms with van der Waals surface area (Å²) in [5.41, 5.74) is 0.755. The summed E-state index contributed by atoms with van der Waals surface area (Å²) < 4.78 is 12.1. The lowest BCUT2D eigenvalue weighted by Gasteiger charge is -2.22. The zero-order valence-corrected chi connectivity index (χ0v) is 11.4. The fourth-order valence-corrected chi connectivity index (χ4v) is 3.46. The van der Waals surface area contributed by atoms with E-state index in [0.29, 0.717) is 22.1 Å². The highest BCUT2D eigenvalue weighted by Crippen LogP contribution is 2.13. The van der Waals surface area contributed by atoms with Crippen LogP contribution in [0.15, 0.2) is 11.2 Å². The van der Waals surface area contributed by atoms with Crippen molar-refractivity contribution in [2.24, 2.45) is 0 Å². The number of piperidine rings is 1. The zero-order chi connectivity index (χ0) is 12.3. The summed E-state index contributed by atoms with van der Waals surface area (Å²) in [4.78, 5) is 8.20. The normalized spacial score (nSPS) is 22.4. The van der Waals surface area contributed by atoms with E-state index in [2.05, 4.69) is 15.3 Å². The van der Waals surface area contributed by atoms with Gasteiger partial charge in [0.1, 0.15) is 5.15 Å². The van der Waals surface area contributed by atoms with Crippen LogP contribution in [0.1, 0.15) is 25.0 Å². The van der Waals surface area contributed by atoms with E-state index in [0.717, 1.165) is 18.7 Å². The summed E-state index contributed by atoms with van der Waals surface area (Å²) >= 11 is 5.84. The van der Waals surface area contributed by atoms with E-state index >= 15 is 0 Å². The Labute approximate surface area is 109 Å². The molecule has 0 spiro atoms. The average Bonchev–Trinajstić information content (AvgIpc) is 2.29. The topological polar surface area (TPSA) is 54.9 Å². The van der Waals surface area contributed by atoms with Crippen LogP contribution in [0.25, 0.3) is 0 Å². The summed E-state index contributed by atoms with van der Waals surface area (Å²) in [6.07, 6.45) is 3.48. The first-order valence-electron chi connectivity index (χ1n) is 5.78. The Bertz CT molecular complexity index is 401. The van der Waals surface area contributed by atoms with Crippen LogP contribution in [0.5, 0.6) is 0 Å². The summed E-state index contributed by atoms with van der Waals surface area (Å²) in [5, 5.41) is 4.08. The number of nitrogens with one attached hydrogen (secondary N) is 1. The molecule has 1 aliphatic rings. The smallest absolute Gasteiger partial charge is 0.220 e. The van der Waals surface area contributed by atoms with Crippen molar-refractivity contribution in [3.05, 3.63) is 16.9 Å². The van der Waals surface area contributed by atoms with Gasteiger partial charge in [-0.1, -0.05) is 18.0 Å². The zero-order valence-electron chi connectivity index (χ0n) is 9.78. The monoisotopic (exact) mass is 273 g/mol. The number of hydrogen-bond acceptors (Lipinski definition) is 4. The second-order valence-electron chi connectivity index (χ2n) is 4.27. The van der Waals surface area contributed by atoms with Gasteiger partial charge in [0, 0.05) is 17.5 Å². The Morgan fingerprint density at radius 3 is 3.00 bits per heavy atom. The number of rotatable bonds is 3. The van der Waals surface area contributed by atoms with Gasteiger partial charge in [-0.05, 0) is 32.4 Å². The second-order valence-corrected chi connectivity index (χ2v) is 6.05. The van der Waals surface area contributed by atoms with E-state index in [-0.39, 0.29) is 0 Å². The van der Waals surface area contributed by atoms with Crippen LogP contribution in [0.3, 0.4) is 0 Å². The molecule has 4 nitrogen and oxygen atoms in total. The first kappa shape index (κ1) is 12.9. The lowest BCUT2D eigenvalue weighted by atomic mass is 10.1. The molecule has 1 aliphatic heterocycles. The van der Waals surface area contributed by atoms with Crippen molar-refractivity contribution in [3.8, 4) is 0 Å². The predicted octanol–water partition coefficient (Wildman–Crippen LogP) is 1.69. The van der Waals surface area contributed by atoms with Crippen LogP contribution in [0.2, 0.25) is 5.15 Å². The Balaban J connectivity index is 2.03. The maximum Gasteiger partial charge on any atom is 0.220 e. The molecule has 2 heterocycles. The largest absolute Gasteiger partial charge is 0.313 e. The van der Waals surface area contributed by atoms with E-state index in [1.54, 1.807) is 6.07 Å². The van der Waals surface area contributed by atoms with Gasteiger partial charge in [0.2, 0.25) is 5.16 Å². The van der Waals surface area contributed by atoms with Crippen molar-refractivity contribution in [2.45, 2.75) is 37.4 Å². The number of aromatic nitrogens is 2. The fourth-order valence-electron chi connectivity index (χ4n) is 1.93. The van der Waals surface area contributed by atoms with Gasteiger partial charge in [-0.2, -0.15) is 0 Å². The third kappa shape index (κ3) is 3.72. The molecule has 94 valence electrons. The van der Waals surface area contributed by atoms with Crippen LogP contribution in [0, 0.1) is 6.92 Å². The molecular formula is C11H16ClN3OS. The molecule has 1 fully saturated rings.